The van der Waals surface area contributed by atoms with Crippen LogP contribution in [0.15, 0.2) is 36.7 Å². The van der Waals surface area contributed by atoms with Gasteiger partial charge in [0.2, 0.25) is 0 Å². The van der Waals surface area contributed by atoms with Crippen molar-refractivity contribution >= 4 is 12.2 Å². The Morgan fingerprint density at radius 2 is 2.00 bits per heavy atom. The van der Waals surface area contributed by atoms with E-state index in [0.717, 1.165) is 11.1 Å². The number of benzene rings is 1. The minimum Gasteiger partial charge on any atom is -0.445 e. The first kappa shape index (κ1) is 20.1. The molecule has 0 radical (unpaired) electrons. The summed E-state index contributed by atoms with van der Waals surface area (Å²) in [5.74, 6) is 0.477. The predicted octanol–water partition coefficient (Wildman–Crippen LogP) is 2.72. The van der Waals surface area contributed by atoms with Gasteiger partial charge < -0.3 is 10.1 Å². The predicted molar refractivity (Wildman–Crippen MR) is 90.7 cm³/mol. The highest BCUT2D eigenvalue weighted by Crippen LogP contribution is 2.14. The van der Waals surface area contributed by atoms with Crippen LogP contribution in [-0.2, 0) is 27.5 Å². The van der Waals surface area contributed by atoms with Gasteiger partial charge >= 0.3 is 12.2 Å². The minimum absolute atomic E-state index is 0.250. The van der Waals surface area contributed by atoms with Gasteiger partial charge in [0.15, 0.2) is 0 Å². The van der Waals surface area contributed by atoms with E-state index in [1.165, 1.54) is 5.56 Å². The standard InChI is InChI=1S/C17H23N3O2.CO2/c1-4-18-17(21)22-12-15-7-5-6-14(8-15)10-20-11-16(9-19-20)13(2)3;2-1-3/h5-9,11,13H,4,10,12H2,1-3H3,(H,18,21);. The van der Waals surface area contributed by atoms with Crippen LogP contribution in [0.5, 0.6) is 0 Å². The van der Waals surface area contributed by atoms with E-state index in [9.17, 15) is 4.79 Å². The zero-order valence-corrected chi connectivity index (χ0v) is 14.7. The van der Waals surface area contributed by atoms with Crippen LogP contribution < -0.4 is 5.32 Å². The monoisotopic (exact) mass is 345 g/mol. The van der Waals surface area contributed by atoms with Crippen LogP contribution in [0, 0.1) is 0 Å². The summed E-state index contributed by atoms with van der Waals surface area (Å²) in [6.45, 7) is 7.72. The van der Waals surface area contributed by atoms with Crippen molar-refractivity contribution in [3.63, 3.8) is 0 Å². The molecule has 0 spiro atoms. The first-order valence-electron chi connectivity index (χ1n) is 8.00. The van der Waals surface area contributed by atoms with Crippen molar-refractivity contribution in [1.82, 2.24) is 15.1 Å². The maximum absolute atomic E-state index is 11.3. The van der Waals surface area contributed by atoms with E-state index in [4.69, 9.17) is 14.3 Å². The number of hydrogen-bond donors (Lipinski definition) is 1. The van der Waals surface area contributed by atoms with Crippen molar-refractivity contribution in [3.05, 3.63) is 53.3 Å². The van der Waals surface area contributed by atoms with Crippen LogP contribution in [0.1, 0.15) is 43.4 Å². The molecule has 0 fully saturated rings. The molecule has 25 heavy (non-hydrogen) atoms. The lowest BCUT2D eigenvalue weighted by molar-refractivity contribution is -0.191. The van der Waals surface area contributed by atoms with E-state index in [0.29, 0.717) is 19.0 Å². The van der Waals surface area contributed by atoms with E-state index in [-0.39, 0.29) is 18.9 Å². The Balaban J connectivity index is 0.000000970. The Labute approximate surface area is 147 Å². The molecule has 2 aromatic rings. The number of rotatable bonds is 6. The number of nitrogens with zero attached hydrogens (tertiary/aromatic N) is 2. The fourth-order valence-corrected chi connectivity index (χ4v) is 2.11. The molecule has 1 aromatic carbocycles. The third kappa shape index (κ3) is 7.46. The van der Waals surface area contributed by atoms with E-state index < -0.39 is 0 Å². The van der Waals surface area contributed by atoms with Crippen molar-refractivity contribution in [2.45, 2.75) is 39.8 Å². The molecule has 0 atom stereocenters. The van der Waals surface area contributed by atoms with Crippen molar-refractivity contribution < 1.29 is 19.1 Å². The summed E-state index contributed by atoms with van der Waals surface area (Å²) in [7, 11) is 0. The Morgan fingerprint density at radius 1 is 1.32 bits per heavy atom. The molecule has 0 bridgehead atoms. The highest BCUT2D eigenvalue weighted by Gasteiger charge is 2.05. The zero-order chi connectivity index (χ0) is 18.7. The van der Waals surface area contributed by atoms with Gasteiger partial charge in [-0.15, -0.1) is 0 Å². The Bertz CT molecular complexity index is 704. The summed E-state index contributed by atoms with van der Waals surface area (Å²) >= 11 is 0. The van der Waals surface area contributed by atoms with Crippen LogP contribution in [0.25, 0.3) is 0 Å². The maximum Gasteiger partial charge on any atom is 0.407 e. The topological polar surface area (TPSA) is 90.3 Å². The average molecular weight is 345 g/mol. The molecule has 1 aromatic heterocycles. The number of amides is 1. The second kappa shape index (κ2) is 10.8. The van der Waals surface area contributed by atoms with Gasteiger partial charge in [0.05, 0.1) is 12.7 Å². The third-order valence-electron chi connectivity index (χ3n) is 3.35. The second-order valence-electron chi connectivity index (χ2n) is 5.64. The van der Waals surface area contributed by atoms with Crippen LogP contribution in [0.2, 0.25) is 0 Å². The quantitative estimate of drug-likeness (QED) is 0.869. The molecule has 0 saturated carbocycles. The summed E-state index contributed by atoms with van der Waals surface area (Å²) in [6, 6.07) is 8.01. The fourth-order valence-electron chi connectivity index (χ4n) is 2.11. The summed E-state index contributed by atoms with van der Waals surface area (Å²) in [6.07, 6.45) is 3.84. The van der Waals surface area contributed by atoms with Crippen molar-refractivity contribution in [1.29, 1.82) is 0 Å². The Morgan fingerprint density at radius 3 is 2.60 bits per heavy atom. The normalized spacial score (nSPS) is 9.76. The number of ether oxygens (including phenoxy) is 1. The van der Waals surface area contributed by atoms with Gasteiger partial charge in [0.25, 0.3) is 0 Å². The van der Waals surface area contributed by atoms with Gasteiger partial charge in [-0.2, -0.15) is 14.7 Å². The largest absolute Gasteiger partial charge is 0.445 e. The zero-order valence-electron chi connectivity index (χ0n) is 14.7. The maximum atomic E-state index is 11.3. The minimum atomic E-state index is -0.387. The molecule has 2 rings (SSSR count). The van der Waals surface area contributed by atoms with Crippen LogP contribution >= 0.6 is 0 Å². The number of nitrogens with one attached hydrogen (secondary N) is 1. The molecular weight excluding hydrogens is 322 g/mol. The van der Waals surface area contributed by atoms with Crippen molar-refractivity contribution in [3.8, 4) is 0 Å². The van der Waals surface area contributed by atoms with Crippen molar-refractivity contribution in [2.24, 2.45) is 0 Å². The van der Waals surface area contributed by atoms with Gasteiger partial charge in [-0.25, -0.2) is 4.79 Å². The lowest BCUT2D eigenvalue weighted by Gasteiger charge is -2.07. The Kier molecular flexibility index (Phi) is 8.68. The molecular formula is C18H23N3O4. The molecule has 0 aliphatic heterocycles. The summed E-state index contributed by atoms with van der Waals surface area (Å²) in [5.41, 5.74) is 3.34. The molecule has 0 saturated heterocycles. The molecule has 7 heteroatoms. The van der Waals surface area contributed by atoms with Gasteiger partial charge in [0.1, 0.15) is 6.61 Å². The highest BCUT2D eigenvalue weighted by atomic mass is 16.5. The van der Waals surface area contributed by atoms with Gasteiger partial charge in [0, 0.05) is 12.7 Å². The first-order chi connectivity index (χ1) is 12.0. The van der Waals surface area contributed by atoms with E-state index in [1.807, 2.05) is 42.1 Å². The fraction of sp³-hybridized carbons (Fsp3) is 0.389. The molecule has 1 N–H and O–H groups in total. The molecule has 0 unspecified atom stereocenters. The number of hydrogen-bond acceptors (Lipinski definition) is 5. The van der Waals surface area contributed by atoms with Crippen molar-refractivity contribution in [2.75, 3.05) is 6.54 Å². The third-order valence-corrected chi connectivity index (χ3v) is 3.35. The molecule has 7 nitrogen and oxygen atoms in total. The number of carbonyl (C=O) groups excluding carboxylic acids is 3. The lowest BCUT2D eigenvalue weighted by Crippen LogP contribution is -2.23. The summed E-state index contributed by atoms with van der Waals surface area (Å²) in [4.78, 5) is 27.6. The van der Waals surface area contributed by atoms with Gasteiger partial charge in [-0.1, -0.05) is 38.1 Å². The second-order valence-corrected chi connectivity index (χ2v) is 5.64. The number of aromatic nitrogens is 2. The number of alkyl carbamates (subject to hydrolysis) is 1. The first-order valence-corrected chi connectivity index (χ1v) is 8.00. The Hall–Kier alpha value is -2.92. The molecule has 134 valence electrons. The summed E-state index contributed by atoms with van der Waals surface area (Å²) < 4.78 is 7.07. The summed E-state index contributed by atoms with van der Waals surface area (Å²) in [5, 5.41) is 6.99. The smallest absolute Gasteiger partial charge is 0.407 e. The van der Waals surface area contributed by atoms with E-state index in [2.05, 4.69) is 30.5 Å². The van der Waals surface area contributed by atoms with Gasteiger partial charge in [-0.05, 0) is 29.5 Å². The average Bonchev–Trinajstić information content (AvgIpc) is 3.03. The lowest BCUT2D eigenvalue weighted by atomic mass is 10.1. The highest BCUT2D eigenvalue weighted by molar-refractivity contribution is 5.67. The van der Waals surface area contributed by atoms with Crippen LogP contribution in [-0.4, -0.2) is 28.6 Å². The molecule has 0 aliphatic rings. The van der Waals surface area contributed by atoms with Crippen LogP contribution in [0.4, 0.5) is 4.79 Å². The van der Waals surface area contributed by atoms with Crippen LogP contribution in [0.3, 0.4) is 0 Å². The van der Waals surface area contributed by atoms with E-state index in [1.54, 1.807) is 0 Å². The SMILES string of the molecule is CCNC(=O)OCc1cccc(Cn2cc(C(C)C)cn2)c1.O=C=O. The molecule has 0 aliphatic carbocycles. The van der Waals surface area contributed by atoms with E-state index >= 15 is 0 Å². The van der Waals surface area contributed by atoms with Gasteiger partial charge in [-0.3, -0.25) is 4.68 Å². The molecule has 1 amide bonds. The number of carbonyl (C=O) groups is 1. The molecule has 1 heterocycles.